The van der Waals surface area contributed by atoms with Crippen molar-refractivity contribution in [2.75, 3.05) is 19.0 Å². The molecular formula is C25H31BrN4O. The van der Waals surface area contributed by atoms with Crippen molar-refractivity contribution < 1.29 is 26.3 Å². The average Bonchev–Trinajstić information content (AvgIpc) is 3.09. The zero-order valence-electron chi connectivity index (χ0n) is 19.1. The number of aryl methyl sites for hydroxylation is 1. The number of imidazole rings is 1. The number of carbonyl (C=O) groups excluding carboxylic acids is 1. The third-order valence-electron chi connectivity index (χ3n) is 5.08. The highest BCUT2D eigenvalue weighted by atomic mass is 79.9. The van der Waals surface area contributed by atoms with E-state index in [1.165, 1.54) is 5.56 Å². The molecule has 0 bridgehead atoms. The molecule has 0 atom stereocenters. The van der Waals surface area contributed by atoms with Gasteiger partial charge < -0.3 is 21.9 Å². The number of benzene rings is 2. The first-order valence-electron chi connectivity index (χ1n) is 10.2. The van der Waals surface area contributed by atoms with Gasteiger partial charge in [-0.05, 0) is 36.8 Å². The zero-order chi connectivity index (χ0) is 21.9. The minimum Gasteiger partial charge on any atom is -1.00 e. The summed E-state index contributed by atoms with van der Waals surface area (Å²) in [5.74, 6) is 1.07. The molecule has 2 aromatic carbocycles. The van der Waals surface area contributed by atoms with Crippen LogP contribution < -0.4 is 26.4 Å². The second kappa shape index (κ2) is 10.1. The Labute approximate surface area is 195 Å². The smallest absolute Gasteiger partial charge is 0.314 e. The molecule has 0 radical (unpaired) electrons. The van der Waals surface area contributed by atoms with E-state index in [2.05, 4.69) is 53.3 Å². The van der Waals surface area contributed by atoms with E-state index < -0.39 is 5.41 Å². The molecule has 0 unspecified atom stereocenters. The molecule has 0 aliphatic carbocycles. The van der Waals surface area contributed by atoms with E-state index in [9.17, 15) is 4.79 Å². The van der Waals surface area contributed by atoms with Crippen LogP contribution in [0.4, 0.5) is 5.69 Å². The quantitative estimate of drug-likeness (QED) is 0.392. The topological polar surface area (TPSA) is 41.5 Å². The number of carbonyl (C=O) groups is 1. The second-order valence-electron chi connectivity index (χ2n) is 8.86. The molecule has 0 saturated heterocycles. The summed E-state index contributed by atoms with van der Waals surface area (Å²) in [6.45, 7) is 8.23. The largest absolute Gasteiger partial charge is 1.00 e. The molecule has 0 saturated carbocycles. The van der Waals surface area contributed by atoms with Crippen molar-refractivity contribution in [2.24, 2.45) is 10.5 Å². The van der Waals surface area contributed by atoms with Crippen LogP contribution in [0.5, 0.6) is 0 Å². The van der Waals surface area contributed by atoms with Gasteiger partial charge in [-0.25, -0.2) is 4.57 Å². The molecule has 3 aromatic rings. The van der Waals surface area contributed by atoms with E-state index in [0.29, 0.717) is 6.54 Å². The summed E-state index contributed by atoms with van der Waals surface area (Å²) >= 11 is 0. The van der Waals surface area contributed by atoms with Crippen LogP contribution in [-0.4, -0.2) is 30.8 Å². The number of hydrogen-bond donors (Lipinski definition) is 0. The van der Waals surface area contributed by atoms with Crippen LogP contribution in [-0.2, 0) is 11.3 Å². The molecule has 0 aliphatic heterocycles. The lowest BCUT2D eigenvalue weighted by Crippen LogP contribution is -3.00. The highest BCUT2D eigenvalue weighted by molar-refractivity contribution is 5.82. The van der Waals surface area contributed by atoms with Crippen LogP contribution in [0.2, 0.25) is 0 Å². The molecule has 1 aromatic heterocycles. The maximum Gasteiger partial charge on any atom is 0.314 e. The Bertz CT molecular complexity index is 1040. The Kier molecular flexibility index (Phi) is 7.96. The molecule has 0 spiro atoms. The summed E-state index contributed by atoms with van der Waals surface area (Å²) in [5, 5.41) is 4.69. The second-order valence-corrected chi connectivity index (χ2v) is 8.86. The molecule has 0 N–H and O–H groups in total. The molecule has 6 heteroatoms. The lowest BCUT2D eigenvalue weighted by Gasteiger charge is -2.15. The molecular weight excluding hydrogens is 452 g/mol. The summed E-state index contributed by atoms with van der Waals surface area (Å²) < 4.78 is 3.81. The third kappa shape index (κ3) is 6.14. The highest BCUT2D eigenvalue weighted by Gasteiger charge is 2.27. The van der Waals surface area contributed by atoms with Crippen LogP contribution >= 0.6 is 0 Å². The average molecular weight is 483 g/mol. The Balaban J connectivity index is 0.00000341. The Hall–Kier alpha value is -2.73. The van der Waals surface area contributed by atoms with Crippen molar-refractivity contribution in [3.05, 3.63) is 72.1 Å². The van der Waals surface area contributed by atoms with Crippen molar-refractivity contribution in [3.8, 4) is 11.4 Å². The minimum atomic E-state index is -0.392. The molecule has 0 fully saturated rings. The maximum absolute atomic E-state index is 12.7. The number of nitrogens with zero attached hydrogens (tertiary/aromatic N) is 4. The van der Waals surface area contributed by atoms with Gasteiger partial charge in [-0.3, -0.25) is 4.79 Å². The van der Waals surface area contributed by atoms with Gasteiger partial charge >= 0.3 is 5.82 Å². The normalized spacial score (nSPS) is 11.4. The van der Waals surface area contributed by atoms with E-state index >= 15 is 0 Å². The minimum absolute atomic E-state index is 0. The summed E-state index contributed by atoms with van der Waals surface area (Å²) in [7, 11) is 4.04. The standard InChI is InChI=1S/C25H31N4O.BrH/c1-19-7-11-21(12-8-19)24-28(18-23(30)25(2,3)4)15-16-29(24)26-17-20-9-13-22(14-10-20)27(5)6;/h7-17H,18H2,1-6H3;1H/q+1;/p-1/b26-17+;. The maximum atomic E-state index is 12.7. The molecule has 0 amide bonds. The van der Waals surface area contributed by atoms with Gasteiger partial charge in [-0.15, -0.1) is 4.68 Å². The monoisotopic (exact) mass is 482 g/mol. The van der Waals surface area contributed by atoms with Crippen LogP contribution in [0.3, 0.4) is 0 Å². The highest BCUT2D eigenvalue weighted by Crippen LogP contribution is 2.19. The lowest BCUT2D eigenvalue weighted by atomic mass is 9.91. The first-order chi connectivity index (χ1) is 14.1. The van der Waals surface area contributed by atoms with Crippen molar-refractivity contribution in [2.45, 2.75) is 34.2 Å². The number of rotatable bonds is 6. The zero-order valence-corrected chi connectivity index (χ0v) is 20.7. The predicted molar refractivity (Wildman–Crippen MR) is 123 cm³/mol. The predicted octanol–water partition coefficient (Wildman–Crippen LogP) is 1.32. The fraction of sp³-hybridized carbons (Fsp3) is 0.320. The number of Topliss-reactive ketones (excluding diaryl/α,β-unsaturated/α-hetero) is 1. The van der Waals surface area contributed by atoms with Crippen molar-refractivity contribution in [1.82, 2.24) is 4.68 Å². The summed E-state index contributed by atoms with van der Waals surface area (Å²) in [4.78, 5) is 14.7. The molecule has 164 valence electrons. The van der Waals surface area contributed by atoms with Gasteiger partial charge in [0, 0.05) is 25.2 Å². The number of ketones is 1. The summed E-state index contributed by atoms with van der Waals surface area (Å²) in [6, 6.07) is 16.5. The number of halogens is 1. The van der Waals surface area contributed by atoms with E-state index in [4.69, 9.17) is 0 Å². The Morgan fingerprint density at radius 1 is 1.06 bits per heavy atom. The molecule has 31 heavy (non-hydrogen) atoms. The van der Waals surface area contributed by atoms with Gasteiger partial charge in [0.25, 0.3) is 0 Å². The fourth-order valence-electron chi connectivity index (χ4n) is 3.02. The molecule has 0 aliphatic rings. The fourth-order valence-corrected chi connectivity index (χ4v) is 3.02. The van der Waals surface area contributed by atoms with E-state index in [0.717, 1.165) is 22.6 Å². The van der Waals surface area contributed by atoms with Gasteiger partial charge in [-0.1, -0.05) is 55.7 Å². The molecule has 3 rings (SSSR count). The van der Waals surface area contributed by atoms with Crippen molar-refractivity contribution in [3.63, 3.8) is 0 Å². The van der Waals surface area contributed by atoms with Gasteiger partial charge in [0.1, 0.15) is 12.7 Å². The Morgan fingerprint density at radius 3 is 2.23 bits per heavy atom. The Morgan fingerprint density at radius 2 is 1.68 bits per heavy atom. The van der Waals surface area contributed by atoms with Crippen LogP contribution in [0, 0.1) is 12.3 Å². The van der Waals surface area contributed by atoms with Gasteiger partial charge in [0.05, 0.1) is 11.8 Å². The van der Waals surface area contributed by atoms with E-state index in [-0.39, 0.29) is 22.8 Å². The SMILES string of the molecule is Cc1ccc(-c2n(/N=C/c3ccc(N(C)C)cc3)cc[n+]2CC(=O)C(C)(C)C)cc1.[Br-]. The number of aromatic nitrogens is 2. The van der Waals surface area contributed by atoms with Gasteiger partial charge in [0.2, 0.25) is 0 Å². The summed E-state index contributed by atoms with van der Waals surface area (Å²) in [5.41, 5.74) is 3.98. The number of anilines is 1. The van der Waals surface area contributed by atoms with Gasteiger partial charge in [-0.2, -0.15) is 0 Å². The van der Waals surface area contributed by atoms with Crippen LogP contribution in [0.15, 0.2) is 66.0 Å². The van der Waals surface area contributed by atoms with Gasteiger partial charge in [0.15, 0.2) is 12.0 Å². The van der Waals surface area contributed by atoms with Crippen molar-refractivity contribution in [1.29, 1.82) is 0 Å². The van der Waals surface area contributed by atoms with Crippen LogP contribution in [0.1, 0.15) is 31.9 Å². The summed E-state index contributed by atoms with van der Waals surface area (Å²) in [6.07, 6.45) is 5.66. The lowest BCUT2D eigenvalue weighted by molar-refractivity contribution is -0.673. The van der Waals surface area contributed by atoms with E-state index in [1.807, 2.05) is 74.9 Å². The molecule has 1 heterocycles. The third-order valence-corrected chi connectivity index (χ3v) is 5.08. The first-order valence-corrected chi connectivity index (χ1v) is 10.2. The number of hydrogen-bond acceptors (Lipinski definition) is 3. The van der Waals surface area contributed by atoms with E-state index in [1.54, 1.807) is 0 Å². The first kappa shape index (κ1) is 24.5. The van der Waals surface area contributed by atoms with Crippen LogP contribution in [0.25, 0.3) is 11.4 Å². The van der Waals surface area contributed by atoms with Crippen molar-refractivity contribution >= 4 is 17.7 Å². The molecule has 5 nitrogen and oxygen atoms in total.